The standard InChI is InChI=1S/C22H20Cl2N2O5.HNO3/c1-28-21(27)17-4-2-3-5-20(17)29-11-16-12-30-22(31-16,13-26-9-8-25-14-26)18-7-6-15(23)10-19(18)24;2-1(3)4/h2-10,14,16H,11-13H2,1H3;(H,2,3,4). The van der Waals surface area contributed by atoms with Gasteiger partial charge in [0, 0.05) is 23.0 Å². The van der Waals surface area contributed by atoms with Crippen molar-refractivity contribution in [3.8, 4) is 5.75 Å². The Bertz CT molecular complexity index is 1160. The monoisotopic (exact) mass is 525 g/mol. The molecule has 0 amide bonds. The van der Waals surface area contributed by atoms with Crippen LogP contribution in [0.2, 0.25) is 10.0 Å². The summed E-state index contributed by atoms with van der Waals surface area (Å²) in [5.41, 5.74) is 0.999. The number of methoxy groups -OCH3 is 1. The molecule has 1 N–H and O–H groups in total. The maximum Gasteiger partial charge on any atom is 0.341 e. The number of rotatable bonds is 7. The number of hydrogen-bond donors (Lipinski definition) is 1. The lowest BCUT2D eigenvalue weighted by atomic mass is 10.1. The lowest BCUT2D eigenvalue weighted by Crippen LogP contribution is -2.34. The minimum atomic E-state index is -1.50. The van der Waals surface area contributed by atoms with Crippen LogP contribution in [0.25, 0.3) is 0 Å². The summed E-state index contributed by atoms with van der Waals surface area (Å²) in [6, 6.07) is 12.1. The van der Waals surface area contributed by atoms with Gasteiger partial charge in [0.25, 0.3) is 5.09 Å². The first-order valence-electron chi connectivity index (χ1n) is 10.1. The molecule has 0 bridgehead atoms. The lowest BCUT2D eigenvalue weighted by Gasteiger charge is -2.30. The van der Waals surface area contributed by atoms with E-state index in [0.29, 0.717) is 33.5 Å². The quantitative estimate of drug-likeness (QED) is 0.276. The van der Waals surface area contributed by atoms with Gasteiger partial charge in [-0.25, -0.2) is 9.78 Å². The third kappa shape index (κ3) is 6.83. The second kappa shape index (κ2) is 11.8. The molecule has 11 nitrogen and oxygen atoms in total. The molecule has 1 fully saturated rings. The van der Waals surface area contributed by atoms with Gasteiger partial charge in [-0.05, 0) is 24.3 Å². The van der Waals surface area contributed by atoms with Crippen LogP contribution in [-0.4, -0.2) is 52.2 Å². The van der Waals surface area contributed by atoms with Crippen molar-refractivity contribution in [2.45, 2.75) is 18.4 Å². The molecule has 13 heteroatoms. The second-order valence-corrected chi connectivity index (χ2v) is 8.04. The first-order valence-corrected chi connectivity index (χ1v) is 10.9. The Morgan fingerprint density at radius 2 is 2.09 bits per heavy atom. The Balaban J connectivity index is 0.000000795. The summed E-state index contributed by atoms with van der Waals surface area (Å²) in [4.78, 5) is 24.4. The molecular formula is C22H21Cl2N3O8. The van der Waals surface area contributed by atoms with Crippen molar-refractivity contribution in [1.82, 2.24) is 9.55 Å². The van der Waals surface area contributed by atoms with Crippen molar-refractivity contribution in [2.24, 2.45) is 0 Å². The summed E-state index contributed by atoms with van der Waals surface area (Å²) < 4.78 is 25.0. The topological polar surface area (TPSA) is 135 Å². The van der Waals surface area contributed by atoms with Gasteiger partial charge < -0.3 is 28.7 Å². The Hall–Kier alpha value is -3.38. The Kier molecular flexibility index (Phi) is 8.88. The van der Waals surface area contributed by atoms with Crippen LogP contribution in [0.3, 0.4) is 0 Å². The smallest absolute Gasteiger partial charge is 0.341 e. The number of carbonyl (C=O) groups is 1. The average molecular weight is 526 g/mol. The third-order valence-electron chi connectivity index (χ3n) is 4.87. The number of hydrogen-bond acceptors (Lipinski definition) is 8. The van der Waals surface area contributed by atoms with E-state index in [0.717, 1.165) is 0 Å². The summed E-state index contributed by atoms with van der Waals surface area (Å²) in [7, 11) is 1.33. The van der Waals surface area contributed by atoms with E-state index in [1.807, 2.05) is 10.8 Å². The van der Waals surface area contributed by atoms with E-state index in [2.05, 4.69) is 4.98 Å². The minimum absolute atomic E-state index is 0.172. The van der Waals surface area contributed by atoms with Gasteiger partial charge >= 0.3 is 5.97 Å². The van der Waals surface area contributed by atoms with E-state index in [9.17, 15) is 4.79 Å². The zero-order valence-corrected chi connectivity index (χ0v) is 19.9. The van der Waals surface area contributed by atoms with E-state index >= 15 is 0 Å². The summed E-state index contributed by atoms with van der Waals surface area (Å²) in [5.74, 6) is -1.20. The van der Waals surface area contributed by atoms with Gasteiger partial charge in [0.15, 0.2) is 0 Å². The molecule has 0 aliphatic carbocycles. The predicted octanol–water partition coefficient (Wildman–Crippen LogP) is 3.98. The van der Waals surface area contributed by atoms with E-state index < -0.39 is 22.9 Å². The van der Waals surface area contributed by atoms with Crippen molar-refractivity contribution < 1.29 is 34.0 Å². The fourth-order valence-corrected chi connectivity index (χ4v) is 3.98. The molecule has 4 rings (SSSR count). The SMILES string of the molecule is COC(=O)c1ccccc1OCC1COC(Cn2ccnc2)(c2ccc(Cl)cc2Cl)O1.O=[N+]([O-])O. The van der Waals surface area contributed by atoms with E-state index in [1.54, 1.807) is 55.0 Å². The van der Waals surface area contributed by atoms with Gasteiger partial charge in [0.2, 0.25) is 5.79 Å². The summed E-state index contributed by atoms with van der Waals surface area (Å²) in [6.45, 7) is 0.780. The number of para-hydroxylation sites is 1. The van der Waals surface area contributed by atoms with Crippen molar-refractivity contribution >= 4 is 29.2 Å². The second-order valence-electron chi connectivity index (χ2n) is 7.20. The van der Waals surface area contributed by atoms with E-state index in [-0.39, 0.29) is 13.2 Å². The molecule has 2 aromatic carbocycles. The molecule has 1 saturated heterocycles. The molecule has 0 saturated carbocycles. The van der Waals surface area contributed by atoms with Crippen LogP contribution in [-0.2, 0) is 26.5 Å². The Labute approximate surface area is 209 Å². The highest BCUT2D eigenvalue weighted by Gasteiger charge is 2.45. The van der Waals surface area contributed by atoms with E-state index in [4.69, 9.17) is 57.5 Å². The molecule has 1 aliphatic rings. The number of nitrogens with zero attached hydrogens (tertiary/aromatic N) is 3. The van der Waals surface area contributed by atoms with Crippen molar-refractivity contribution in [2.75, 3.05) is 20.3 Å². The first-order chi connectivity index (χ1) is 16.7. The summed E-state index contributed by atoms with van der Waals surface area (Å²) >= 11 is 12.6. The predicted molar refractivity (Wildman–Crippen MR) is 123 cm³/mol. The zero-order chi connectivity index (χ0) is 25.4. The van der Waals surface area contributed by atoms with Crippen LogP contribution in [0.1, 0.15) is 15.9 Å². The van der Waals surface area contributed by atoms with Gasteiger partial charge in [-0.2, -0.15) is 0 Å². The molecule has 35 heavy (non-hydrogen) atoms. The largest absolute Gasteiger partial charge is 0.490 e. The minimum Gasteiger partial charge on any atom is -0.490 e. The number of esters is 1. The van der Waals surface area contributed by atoms with Crippen molar-refractivity contribution in [3.05, 3.63) is 92.5 Å². The zero-order valence-electron chi connectivity index (χ0n) is 18.4. The molecular weight excluding hydrogens is 505 g/mol. The van der Waals surface area contributed by atoms with Gasteiger partial charge in [0.1, 0.15) is 24.0 Å². The number of halogens is 2. The van der Waals surface area contributed by atoms with Crippen LogP contribution in [0.15, 0.2) is 61.2 Å². The van der Waals surface area contributed by atoms with E-state index in [1.165, 1.54) is 7.11 Å². The van der Waals surface area contributed by atoms with Crippen molar-refractivity contribution in [3.63, 3.8) is 0 Å². The molecule has 2 atom stereocenters. The number of aromatic nitrogens is 2. The summed E-state index contributed by atoms with van der Waals surface area (Å²) in [6.07, 6.45) is 4.76. The number of ether oxygens (including phenoxy) is 4. The summed E-state index contributed by atoms with van der Waals surface area (Å²) in [5, 5.41) is 14.6. The van der Waals surface area contributed by atoms with Gasteiger partial charge in [-0.3, -0.25) is 0 Å². The van der Waals surface area contributed by atoms with Gasteiger partial charge in [0.05, 0.1) is 31.6 Å². The van der Waals surface area contributed by atoms with Crippen LogP contribution in [0.5, 0.6) is 5.75 Å². The fourth-order valence-electron chi connectivity index (χ4n) is 3.43. The maximum atomic E-state index is 12.0. The van der Waals surface area contributed by atoms with Crippen molar-refractivity contribution in [1.29, 1.82) is 0 Å². The highest BCUT2D eigenvalue weighted by molar-refractivity contribution is 6.35. The molecule has 186 valence electrons. The average Bonchev–Trinajstić information content (AvgIpc) is 3.47. The fraction of sp³-hybridized carbons (Fsp3) is 0.273. The van der Waals surface area contributed by atoms with Gasteiger partial charge in [-0.1, -0.05) is 41.4 Å². The normalized spacial score (nSPS) is 18.9. The highest BCUT2D eigenvalue weighted by Crippen LogP contribution is 2.40. The number of benzene rings is 2. The van der Waals surface area contributed by atoms with Crippen LogP contribution < -0.4 is 4.74 Å². The first kappa shape index (κ1) is 26.2. The molecule has 1 aliphatic heterocycles. The van der Waals surface area contributed by atoms with Crippen LogP contribution in [0, 0.1) is 10.1 Å². The van der Waals surface area contributed by atoms with Crippen LogP contribution >= 0.6 is 23.2 Å². The van der Waals surface area contributed by atoms with Gasteiger partial charge in [-0.15, -0.1) is 10.1 Å². The molecule has 0 spiro atoms. The molecule has 0 radical (unpaired) electrons. The number of carbonyl (C=O) groups excluding carboxylic acids is 1. The maximum absolute atomic E-state index is 12.0. The third-order valence-corrected chi connectivity index (χ3v) is 5.42. The Morgan fingerprint density at radius 3 is 2.74 bits per heavy atom. The molecule has 3 aromatic rings. The molecule has 1 aromatic heterocycles. The molecule has 2 heterocycles. The molecule has 2 unspecified atom stereocenters. The van der Waals surface area contributed by atoms with Crippen LogP contribution in [0.4, 0.5) is 0 Å². The highest BCUT2D eigenvalue weighted by atomic mass is 35.5. The lowest BCUT2D eigenvalue weighted by molar-refractivity contribution is -0.742. The Morgan fingerprint density at radius 1 is 1.34 bits per heavy atom. The number of imidazole rings is 1.